The summed E-state index contributed by atoms with van der Waals surface area (Å²) < 4.78 is 5.34. The van der Waals surface area contributed by atoms with Crippen molar-refractivity contribution < 1.29 is 4.74 Å². The van der Waals surface area contributed by atoms with E-state index in [2.05, 4.69) is 78.6 Å². The number of halogens is 1. The van der Waals surface area contributed by atoms with E-state index in [0.717, 1.165) is 15.9 Å². The van der Waals surface area contributed by atoms with Gasteiger partial charge in [0.25, 0.3) is 0 Å². The van der Waals surface area contributed by atoms with Crippen molar-refractivity contribution in [2.24, 2.45) is 0 Å². The van der Waals surface area contributed by atoms with Crippen molar-refractivity contribution >= 4 is 33.1 Å². The topological polar surface area (TPSA) is 9.23 Å². The molecule has 0 aromatic heterocycles. The third-order valence-electron chi connectivity index (χ3n) is 4.60. The molecule has 0 saturated carbocycles. The molecule has 0 unspecified atom stereocenters. The summed E-state index contributed by atoms with van der Waals surface area (Å²) in [5, 5.41) is 3.34. The van der Waals surface area contributed by atoms with Crippen LogP contribution in [0.2, 0.25) is 0 Å². The summed E-state index contributed by atoms with van der Waals surface area (Å²) in [6, 6.07) is 31.1. The molecule has 3 heteroatoms. The molecule has 0 aliphatic rings. The van der Waals surface area contributed by atoms with Crippen molar-refractivity contribution in [2.45, 2.75) is 6.92 Å². The standard InChI is InChI=1S/C24H24ClOP/c1-2-26-20-12-13-21-27(25,22-14-6-3-7-15-22,23-16-8-4-9-17-23)24-18-10-5-11-19-24/h3-21H,2H2,1H3. The van der Waals surface area contributed by atoms with Gasteiger partial charge in [0.2, 0.25) is 0 Å². The van der Waals surface area contributed by atoms with E-state index >= 15 is 0 Å². The van der Waals surface area contributed by atoms with E-state index in [4.69, 9.17) is 16.0 Å². The second kappa shape index (κ2) is 8.57. The monoisotopic (exact) mass is 394 g/mol. The molecule has 0 spiro atoms. The van der Waals surface area contributed by atoms with Crippen LogP contribution in [0.15, 0.2) is 115 Å². The maximum absolute atomic E-state index is 7.86. The Bertz CT molecular complexity index is 805. The average Bonchev–Trinajstić information content (AvgIpc) is 2.75. The summed E-state index contributed by atoms with van der Waals surface area (Å²) >= 11 is 7.86. The Labute approximate surface area is 166 Å². The fourth-order valence-electron chi connectivity index (χ4n) is 3.27. The van der Waals surface area contributed by atoms with Crippen LogP contribution < -0.4 is 15.9 Å². The van der Waals surface area contributed by atoms with Gasteiger partial charge in [0.05, 0.1) is 0 Å². The van der Waals surface area contributed by atoms with Gasteiger partial charge in [-0.05, 0) is 0 Å². The summed E-state index contributed by atoms with van der Waals surface area (Å²) in [5.74, 6) is -1.14. The normalized spacial score (nSPS) is 13.5. The summed E-state index contributed by atoms with van der Waals surface area (Å²) in [5.41, 5.74) is 0. The molecule has 0 heterocycles. The first kappa shape index (κ1) is 19.4. The zero-order valence-electron chi connectivity index (χ0n) is 15.4. The van der Waals surface area contributed by atoms with E-state index in [-0.39, 0.29) is 0 Å². The van der Waals surface area contributed by atoms with E-state index in [1.54, 1.807) is 6.26 Å². The number of hydrogen-bond donors (Lipinski definition) is 0. The number of ether oxygens (including phenoxy) is 1. The van der Waals surface area contributed by atoms with Crippen LogP contribution in [0, 0.1) is 0 Å². The first-order valence-electron chi connectivity index (χ1n) is 9.06. The molecule has 1 nitrogen and oxygen atoms in total. The number of benzene rings is 3. The van der Waals surface area contributed by atoms with Gasteiger partial charge in [0.15, 0.2) is 0 Å². The fourth-order valence-corrected chi connectivity index (χ4v) is 8.58. The Morgan fingerprint density at radius 1 is 0.704 bits per heavy atom. The molecule has 138 valence electrons. The van der Waals surface area contributed by atoms with Crippen LogP contribution >= 0.6 is 17.2 Å². The third kappa shape index (κ3) is 3.72. The molecule has 27 heavy (non-hydrogen) atoms. The molecule has 0 atom stereocenters. The maximum atomic E-state index is 7.86. The van der Waals surface area contributed by atoms with Crippen LogP contribution in [0.5, 0.6) is 0 Å². The van der Waals surface area contributed by atoms with Crippen molar-refractivity contribution in [3.05, 3.63) is 115 Å². The average molecular weight is 395 g/mol. The molecular formula is C24H24ClOP. The van der Waals surface area contributed by atoms with Gasteiger partial charge in [-0.2, -0.15) is 0 Å². The SMILES string of the molecule is CCOC=CC=CP(Cl)(c1ccccc1)(c1ccccc1)c1ccccc1. The van der Waals surface area contributed by atoms with Gasteiger partial charge in [0, 0.05) is 0 Å². The molecule has 3 aromatic rings. The van der Waals surface area contributed by atoms with Crippen molar-refractivity contribution in [1.82, 2.24) is 0 Å². The van der Waals surface area contributed by atoms with E-state index < -0.39 is 5.96 Å². The van der Waals surface area contributed by atoms with Crippen molar-refractivity contribution in [3.8, 4) is 0 Å². The van der Waals surface area contributed by atoms with Crippen LogP contribution in [0.3, 0.4) is 0 Å². The van der Waals surface area contributed by atoms with Gasteiger partial charge >= 0.3 is 167 Å². The zero-order valence-corrected chi connectivity index (χ0v) is 17.1. The van der Waals surface area contributed by atoms with Crippen LogP contribution in [0.1, 0.15) is 6.92 Å². The van der Waals surface area contributed by atoms with Crippen LogP contribution in [0.4, 0.5) is 0 Å². The quantitative estimate of drug-likeness (QED) is 0.282. The molecule has 0 bridgehead atoms. The van der Waals surface area contributed by atoms with Crippen LogP contribution in [-0.4, -0.2) is 6.61 Å². The first-order valence-corrected chi connectivity index (χ1v) is 12.3. The summed E-state index contributed by atoms with van der Waals surface area (Å²) in [6.45, 7) is 2.61. The summed E-state index contributed by atoms with van der Waals surface area (Å²) in [4.78, 5) is 0. The van der Waals surface area contributed by atoms with E-state index in [1.165, 1.54) is 0 Å². The van der Waals surface area contributed by atoms with Gasteiger partial charge in [-0.15, -0.1) is 0 Å². The molecule has 0 radical (unpaired) electrons. The number of hydrogen-bond acceptors (Lipinski definition) is 1. The molecule has 0 aliphatic carbocycles. The predicted octanol–water partition coefficient (Wildman–Crippen LogP) is 5.73. The number of rotatable bonds is 7. The second-order valence-electron chi connectivity index (χ2n) is 6.21. The number of allylic oxidation sites excluding steroid dienone is 2. The van der Waals surface area contributed by atoms with Gasteiger partial charge in [-0.25, -0.2) is 0 Å². The predicted molar refractivity (Wildman–Crippen MR) is 121 cm³/mol. The molecule has 0 aliphatic heterocycles. The van der Waals surface area contributed by atoms with Gasteiger partial charge in [-0.3, -0.25) is 0 Å². The Morgan fingerprint density at radius 2 is 1.11 bits per heavy atom. The van der Waals surface area contributed by atoms with Crippen molar-refractivity contribution in [3.63, 3.8) is 0 Å². The first-order chi connectivity index (χ1) is 13.2. The van der Waals surface area contributed by atoms with E-state index in [9.17, 15) is 0 Å². The van der Waals surface area contributed by atoms with E-state index in [1.807, 2.05) is 37.3 Å². The van der Waals surface area contributed by atoms with Crippen molar-refractivity contribution in [1.29, 1.82) is 0 Å². The third-order valence-corrected chi connectivity index (χ3v) is 11.4. The van der Waals surface area contributed by atoms with Gasteiger partial charge in [-0.1, -0.05) is 0 Å². The minimum atomic E-state index is -3.31. The minimum absolute atomic E-state index is 0.644. The molecule has 0 amide bonds. The zero-order chi connectivity index (χ0) is 19.0. The Kier molecular flexibility index (Phi) is 6.16. The summed E-state index contributed by atoms with van der Waals surface area (Å²) in [7, 11) is 0. The second-order valence-corrected chi connectivity index (χ2v) is 12.3. The van der Waals surface area contributed by atoms with Crippen molar-refractivity contribution in [2.75, 3.05) is 6.61 Å². The Morgan fingerprint density at radius 3 is 1.48 bits per heavy atom. The molecular weight excluding hydrogens is 371 g/mol. The van der Waals surface area contributed by atoms with Crippen LogP contribution in [0.25, 0.3) is 0 Å². The van der Waals surface area contributed by atoms with Gasteiger partial charge < -0.3 is 0 Å². The van der Waals surface area contributed by atoms with E-state index in [0.29, 0.717) is 6.61 Å². The summed E-state index contributed by atoms with van der Waals surface area (Å²) in [6.07, 6.45) is 5.62. The Hall–Kier alpha value is -2.34. The van der Waals surface area contributed by atoms with Gasteiger partial charge in [0.1, 0.15) is 0 Å². The molecule has 0 saturated heterocycles. The fraction of sp³-hybridized carbons (Fsp3) is 0.0833. The Balaban J connectivity index is 2.32. The molecule has 0 fully saturated rings. The van der Waals surface area contributed by atoms with Crippen LogP contribution in [-0.2, 0) is 4.74 Å². The molecule has 3 aromatic carbocycles. The molecule has 3 rings (SSSR count). The molecule has 0 N–H and O–H groups in total.